The number of nitrogens with one attached hydrogen (secondary N) is 1. The Balaban J connectivity index is 2.29. The van der Waals surface area contributed by atoms with Crippen LogP contribution in [-0.2, 0) is 0 Å². The van der Waals surface area contributed by atoms with E-state index in [0.29, 0.717) is 5.56 Å². The van der Waals surface area contributed by atoms with Crippen LogP contribution in [0.25, 0.3) is 0 Å². The van der Waals surface area contributed by atoms with Gasteiger partial charge in [0.2, 0.25) is 0 Å². The van der Waals surface area contributed by atoms with Gasteiger partial charge in [-0.2, -0.15) is 0 Å². The fourth-order valence-corrected chi connectivity index (χ4v) is 1.83. The molecule has 6 heteroatoms. The van der Waals surface area contributed by atoms with Crippen LogP contribution in [0, 0.1) is 6.92 Å². The molecule has 2 rings (SSSR count). The molecule has 4 N–H and O–H groups in total. The normalized spacial score (nSPS) is 10.1. The van der Waals surface area contributed by atoms with Crippen molar-refractivity contribution < 1.29 is 24.9 Å². The molecule has 0 aliphatic heterocycles. The van der Waals surface area contributed by atoms with Crippen molar-refractivity contribution >= 4 is 17.6 Å². The lowest BCUT2D eigenvalue weighted by Gasteiger charge is -2.09. The molecular formula is C15H13NO5. The van der Waals surface area contributed by atoms with Crippen LogP contribution in [0.3, 0.4) is 0 Å². The molecule has 0 saturated heterocycles. The third-order valence-corrected chi connectivity index (χ3v) is 2.95. The molecule has 0 radical (unpaired) electrons. The molecule has 1 amide bonds. The molecular weight excluding hydrogens is 274 g/mol. The summed E-state index contributed by atoms with van der Waals surface area (Å²) in [5.41, 5.74) is 0.826. The zero-order chi connectivity index (χ0) is 15.6. The Hall–Kier alpha value is -3.02. The second-order valence-electron chi connectivity index (χ2n) is 4.49. The van der Waals surface area contributed by atoms with Crippen molar-refractivity contribution in [3.8, 4) is 11.5 Å². The van der Waals surface area contributed by atoms with Gasteiger partial charge in [0.25, 0.3) is 5.91 Å². The zero-order valence-corrected chi connectivity index (χ0v) is 11.1. The highest BCUT2D eigenvalue weighted by Gasteiger charge is 2.14. The van der Waals surface area contributed by atoms with Gasteiger partial charge in [-0.3, -0.25) is 4.79 Å². The zero-order valence-electron chi connectivity index (χ0n) is 11.1. The van der Waals surface area contributed by atoms with Gasteiger partial charge in [-0.25, -0.2) is 4.79 Å². The van der Waals surface area contributed by atoms with Crippen molar-refractivity contribution in [3.05, 3.63) is 53.1 Å². The molecule has 0 atom stereocenters. The number of aryl methyl sites for hydroxylation is 1. The first-order valence-electron chi connectivity index (χ1n) is 6.06. The van der Waals surface area contributed by atoms with Gasteiger partial charge in [-0.1, -0.05) is 6.07 Å². The number of rotatable bonds is 3. The van der Waals surface area contributed by atoms with E-state index in [0.717, 1.165) is 6.07 Å². The number of aromatic carboxylic acids is 1. The Morgan fingerprint density at radius 2 is 1.71 bits per heavy atom. The Kier molecular flexibility index (Phi) is 3.80. The Morgan fingerprint density at radius 1 is 1.00 bits per heavy atom. The van der Waals surface area contributed by atoms with Crippen molar-refractivity contribution in [1.82, 2.24) is 0 Å². The minimum Gasteiger partial charge on any atom is -0.508 e. The molecule has 0 saturated carbocycles. The molecule has 21 heavy (non-hydrogen) atoms. The number of hydrogen-bond donors (Lipinski definition) is 4. The smallest absolute Gasteiger partial charge is 0.336 e. The Bertz CT molecular complexity index is 724. The lowest BCUT2D eigenvalue weighted by molar-refractivity contribution is 0.0695. The maximum atomic E-state index is 12.0. The Labute approximate surface area is 120 Å². The van der Waals surface area contributed by atoms with E-state index in [1.807, 2.05) is 0 Å². The van der Waals surface area contributed by atoms with E-state index in [4.69, 9.17) is 5.11 Å². The van der Waals surface area contributed by atoms with Crippen LogP contribution in [0.4, 0.5) is 5.69 Å². The molecule has 0 unspecified atom stereocenters. The van der Waals surface area contributed by atoms with E-state index in [1.165, 1.54) is 18.2 Å². The summed E-state index contributed by atoms with van der Waals surface area (Å²) in [5, 5.41) is 30.5. The Morgan fingerprint density at radius 3 is 2.38 bits per heavy atom. The van der Waals surface area contributed by atoms with Crippen LogP contribution in [0.5, 0.6) is 11.5 Å². The van der Waals surface area contributed by atoms with Gasteiger partial charge in [0.1, 0.15) is 11.5 Å². The minimum absolute atomic E-state index is 0.0768. The summed E-state index contributed by atoms with van der Waals surface area (Å²) in [5.74, 6) is -2.18. The highest BCUT2D eigenvalue weighted by molar-refractivity contribution is 6.06. The number of phenols is 2. The lowest BCUT2D eigenvalue weighted by Crippen LogP contribution is -2.13. The summed E-state index contributed by atoms with van der Waals surface area (Å²) in [6.07, 6.45) is 0. The maximum Gasteiger partial charge on any atom is 0.336 e. The van der Waals surface area contributed by atoms with E-state index in [2.05, 4.69) is 5.32 Å². The first kappa shape index (κ1) is 14.4. The number of amides is 1. The monoisotopic (exact) mass is 287 g/mol. The molecule has 2 aromatic rings. The summed E-state index contributed by atoms with van der Waals surface area (Å²) >= 11 is 0. The topological polar surface area (TPSA) is 107 Å². The summed E-state index contributed by atoms with van der Waals surface area (Å²) < 4.78 is 0. The first-order chi connectivity index (χ1) is 9.88. The average molecular weight is 287 g/mol. The largest absolute Gasteiger partial charge is 0.508 e. The predicted octanol–water partition coefficient (Wildman–Crippen LogP) is 2.36. The van der Waals surface area contributed by atoms with Crippen LogP contribution in [0.2, 0.25) is 0 Å². The standard InChI is InChI=1S/C15H13NO5/c1-8-2-3-9(6-11(8)15(20)21)16-14(19)12-7-10(17)4-5-13(12)18/h2-7,17-18H,1H3,(H,16,19)(H,20,21). The third kappa shape index (κ3) is 3.11. The highest BCUT2D eigenvalue weighted by Crippen LogP contribution is 2.23. The van der Waals surface area contributed by atoms with Gasteiger partial charge in [0.15, 0.2) is 0 Å². The van der Waals surface area contributed by atoms with Crippen molar-refractivity contribution in [3.63, 3.8) is 0 Å². The third-order valence-electron chi connectivity index (χ3n) is 2.95. The van der Waals surface area contributed by atoms with Gasteiger partial charge in [0, 0.05) is 5.69 Å². The maximum absolute atomic E-state index is 12.0. The van der Waals surface area contributed by atoms with Gasteiger partial charge >= 0.3 is 5.97 Å². The van der Waals surface area contributed by atoms with Crippen LogP contribution < -0.4 is 5.32 Å². The number of phenolic OH excluding ortho intramolecular Hbond substituents is 2. The van der Waals surface area contributed by atoms with Gasteiger partial charge < -0.3 is 20.6 Å². The summed E-state index contributed by atoms with van der Waals surface area (Å²) in [6.45, 7) is 1.65. The average Bonchev–Trinajstić information content (AvgIpc) is 2.43. The van der Waals surface area contributed by atoms with E-state index >= 15 is 0 Å². The quantitative estimate of drug-likeness (QED) is 0.648. The van der Waals surface area contributed by atoms with Crippen molar-refractivity contribution in [2.45, 2.75) is 6.92 Å². The van der Waals surface area contributed by atoms with Crippen LogP contribution >= 0.6 is 0 Å². The highest BCUT2D eigenvalue weighted by atomic mass is 16.4. The van der Waals surface area contributed by atoms with Crippen LogP contribution in [-0.4, -0.2) is 27.2 Å². The molecule has 0 aliphatic rings. The number of aromatic hydroxyl groups is 2. The molecule has 0 bridgehead atoms. The number of anilines is 1. The molecule has 108 valence electrons. The van der Waals surface area contributed by atoms with Crippen LogP contribution in [0.15, 0.2) is 36.4 Å². The first-order valence-corrected chi connectivity index (χ1v) is 6.06. The summed E-state index contributed by atoms with van der Waals surface area (Å²) in [6, 6.07) is 8.02. The number of carbonyl (C=O) groups excluding carboxylic acids is 1. The second kappa shape index (κ2) is 5.54. The molecule has 0 aliphatic carbocycles. The minimum atomic E-state index is -1.09. The summed E-state index contributed by atoms with van der Waals surface area (Å²) in [7, 11) is 0. The lowest BCUT2D eigenvalue weighted by atomic mass is 10.1. The van der Waals surface area contributed by atoms with Gasteiger partial charge in [-0.05, 0) is 42.8 Å². The molecule has 0 heterocycles. The van der Waals surface area contributed by atoms with Gasteiger partial charge in [-0.15, -0.1) is 0 Å². The van der Waals surface area contributed by atoms with Crippen molar-refractivity contribution in [2.75, 3.05) is 5.32 Å². The number of carbonyl (C=O) groups is 2. The van der Waals surface area contributed by atoms with Crippen molar-refractivity contribution in [2.24, 2.45) is 0 Å². The van der Waals surface area contributed by atoms with E-state index < -0.39 is 11.9 Å². The van der Waals surface area contributed by atoms with E-state index in [9.17, 15) is 19.8 Å². The molecule has 0 fully saturated rings. The fourth-order valence-electron chi connectivity index (χ4n) is 1.83. The summed E-state index contributed by atoms with van der Waals surface area (Å²) in [4.78, 5) is 23.1. The fraction of sp³-hybridized carbons (Fsp3) is 0.0667. The number of hydrogen-bond acceptors (Lipinski definition) is 4. The predicted molar refractivity (Wildman–Crippen MR) is 75.9 cm³/mol. The number of carboxylic acid groups (broad SMARTS) is 1. The van der Waals surface area contributed by atoms with Crippen LogP contribution in [0.1, 0.15) is 26.3 Å². The SMILES string of the molecule is Cc1ccc(NC(=O)c2cc(O)ccc2O)cc1C(=O)O. The molecule has 0 aromatic heterocycles. The van der Waals surface area contributed by atoms with E-state index in [1.54, 1.807) is 19.1 Å². The van der Waals surface area contributed by atoms with E-state index in [-0.39, 0.29) is 28.3 Å². The number of benzene rings is 2. The molecule has 6 nitrogen and oxygen atoms in total. The molecule has 2 aromatic carbocycles. The van der Waals surface area contributed by atoms with Crippen molar-refractivity contribution in [1.29, 1.82) is 0 Å². The number of carboxylic acids is 1. The van der Waals surface area contributed by atoms with Gasteiger partial charge in [0.05, 0.1) is 11.1 Å². The molecule has 0 spiro atoms. The second-order valence-corrected chi connectivity index (χ2v) is 4.49.